The number of benzene rings is 2. The molecule has 0 aliphatic carbocycles. The minimum Gasteiger partial charge on any atom is -0.497 e. The number of pyridine rings is 1. The summed E-state index contributed by atoms with van der Waals surface area (Å²) in [5.74, 6) is -4.55. The van der Waals surface area contributed by atoms with E-state index in [4.69, 9.17) is 4.74 Å². The van der Waals surface area contributed by atoms with Gasteiger partial charge in [-0.25, -0.2) is 9.59 Å². The average molecular weight is 832 g/mol. The topological polar surface area (TPSA) is 219 Å². The molecule has 3 aliphatic rings. The summed E-state index contributed by atoms with van der Waals surface area (Å²) in [5.41, 5.74) is -1.26. The van der Waals surface area contributed by atoms with Crippen LogP contribution in [0, 0.1) is 0 Å². The first kappa shape index (κ1) is 41.2. The Morgan fingerprint density at radius 1 is 1.03 bits per heavy atom. The zero-order valence-corrected chi connectivity index (χ0v) is 33.1. The number of hydrogen-bond acceptors (Lipinski definition) is 11. The Labute approximate surface area is 340 Å². The number of β-lactam (4-membered cyclic amide) rings is 1. The maximum absolute atomic E-state index is 14.0. The predicted molar refractivity (Wildman–Crippen MR) is 208 cm³/mol. The molecule has 2 saturated heterocycles. The van der Waals surface area contributed by atoms with E-state index in [1.807, 2.05) is 0 Å². The molecular weight excluding hydrogens is 793 g/mol. The molecule has 58 heavy (non-hydrogen) atoms. The number of aliphatic carboxylic acids is 1. The molecule has 4 N–H and O–H groups in total. The van der Waals surface area contributed by atoms with Crippen molar-refractivity contribution in [3.05, 3.63) is 102 Å². The summed E-state index contributed by atoms with van der Waals surface area (Å²) in [6.45, 7) is 1.95. The fraction of sp³-hybridized carbons (Fsp3) is 0.289. The van der Waals surface area contributed by atoms with Crippen molar-refractivity contribution in [2.75, 3.05) is 50.3 Å². The maximum atomic E-state index is 14.0. The van der Waals surface area contributed by atoms with Gasteiger partial charge in [0, 0.05) is 53.7 Å². The molecule has 3 atom stereocenters. The van der Waals surface area contributed by atoms with Gasteiger partial charge in [0.2, 0.25) is 30.4 Å². The number of methoxy groups -OCH3 is 1. The molecule has 0 unspecified atom stereocenters. The van der Waals surface area contributed by atoms with Gasteiger partial charge >= 0.3 is 29.7 Å². The van der Waals surface area contributed by atoms with E-state index in [1.54, 1.807) is 85.6 Å². The minimum atomic E-state index is -2.10. The van der Waals surface area contributed by atoms with E-state index >= 15 is 0 Å². The largest absolute Gasteiger partial charge is 0.497 e. The Balaban J connectivity index is 1.16. The van der Waals surface area contributed by atoms with E-state index in [-0.39, 0.29) is 54.7 Å². The first-order valence-corrected chi connectivity index (χ1v) is 19.8. The number of carboxylic acid groups (broad SMARTS) is 1. The van der Waals surface area contributed by atoms with E-state index in [0.717, 1.165) is 21.6 Å². The molecule has 1 aromatic heterocycles. The van der Waals surface area contributed by atoms with Gasteiger partial charge in [0.15, 0.2) is 0 Å². The standard InChI is InChI=1S/C38H38N8O10S2/c1-4-43-18-19-45(33(51)32(43)50)37(55)40-28(23-8-6-5-7-9-23)30(48)41-38(39-22-47)35(54)46-29(34(52)53)25(21-58-36(38)46)20-57-27-14-16-44(17-15-27)42(2)31(49)24-10-12-26(56-3)13-11-24/h5-17,22,28,36H,4,18-21H2,1-3H3,(H3-,39,40,41,47,48,52,53,55)/p+1/t28-,36-,38-/m1/s1. The van der Waals surface area contributed by atoms with Gasteiger partial charge in [-0.05, 0) is 42.3 Å². The Kier molecular flexibility index (Phi) is 12.4. The van der Waals surface area contributed by atoms with Crippen LogP contribution in [-0.2, 0) is 28.8 Å². The predicted octanol–water partition coefficient (Wildman–Crippen LogP) is 0.437. The highest BCUT2D eigenvalue weighted by Crippen LogP contribution is 2.46. The third kappa shape index (κ3) is 7.92. The number of thioether (sulfide) groups is 2. The highest BCUT2D eigenvalue weighted by molar-refractivity contribution is 8.01. The number of urea groups is 1. The molecule has 3 aliphatic heterocycles. The van der Waals surface area contributed by atoms with Crippen molar-refractivity contribution < 1.29 is 52.9 Å². The van der Waals surface area contributed by atoms with Crippen LogP contribution >= 0.6 is 23.5 Å². The number of ether oxygens (including phenoxy) is 1. The second-order valence-electron chi connectivity index (χ2n) is 13.0. The Morgan fingerprint density at radius 2 is 1.72 bits per heavy atom. The number of imide groups is 1. The quantitative estimate of drug-likeness (QED) is 0.0435. The van der Waals surface area contributed by atoms with Gasteiger partial charge in [-0.15, -0.1) is 28.5 Å². The van der Waals surface area contributed by atoms with E-state index in [9.17, 15) is 43.5 Å². The fourth-order valence-electron chi connectivity index (χ4n) is 6.59. The van der Waals surface area contributed by atoms with Gasteiger partial charge in [-0.2, -0.15) is 0 Å². The number of rotatable bonds is 14. The summed E-state index contributed by atoms with van der Waals surface area (Å²) in [7, 11) is 3.15. The third-order valence-electron chi connectivity index (χ3n) is 9.73. The van der Waals surface area contributed by atoms with Gasteiger partial charge in [-0.3, -0.25) is 38.6 Å². The lowest BCUT2D eigenvalue weighted by Crippen LogP contribution is -2.85. The molecule has 0 saturated carbocycles. The number of carbonyl (C=O) groups excluding carboxylic acids is 7. The highest BCUT2D eigenvalue weighted by Gasteiger charge is 2.66. The molecule has 0 spiro atoms. The van der Waals surface area contributed by atoms with Crippen LogP contribution in [0.5, 0.6) is 5.75 Å². The van der Waals surface area contributed by atoms with Gasteiger partial charge in [0.25, 0.3) is 5.91 Å². The first-order chi connectivity index (χ1) is 27.8. The monoisotopic (exact) mass is 831 g/mol. The number of aromatic nitrogens is 1. The molecule has 8 amide bonds. The summed E-state index contributed by atoms with van der Waals surface area (Å²) >= 11 is 2.43. The number of carboxylic acids is 1. The molecule has 2 fully saturated rings. The van der Waals surface area contributed by atoms with Crippen molar-refractivity contribution in [1.82, 2.24) is 30.7 Å². The molecule has 2 aromatic carbocycles. The van der Waals surface area contributed by atoms with Crippen molar-refractivity contribution in [3.63, 3.8) is 0 Å². The third-order valence-corrected chi connectivity index (χ3v) is 12.2. The smallest absolute Gasteiger partial charge is 0.352 e. The molecular formula is C38H39N8O10S2+. The molecule has 0 radical (unpaired) electrons. The van der Waals surface area contributed by atoms with E-state index in [0.29, 0.717) is 21.8 Å². The van der Waals surface area contributed by atoms with E-state index in [1.165, 1.54) is 40.9 Å². The normalized spacial score (nSPS) is 19.4. The van der Waals surface area contributed by atoms with Crippen LogP contribution in [0.2, 0.25) is 0 Å². The van der Waals surface area contributed by atoms with Crippen LogP contribution in [0.4, 0.5) is 4.79 Å². The zero-order chi connectivity index (χ0) is 41.7. The fourth-order valence-corrected chi connectivity index (χ4v) is 9.04. The van der Waals surface area contributed by atoms with Crippen LogP contribution in [0.25, 0.3) is 0 Å². The lowest BCUT2D eigenvalue weighted by molar-refractivity contribution is -0.679. The summed E-state index contributed by atoms with van der Waals surface area (Å²) in [5, 5.41) is 18.1. The first-order valence-electron chi connectivity index (χ1n) is 17.8. The second-order valence-corrected chi connectivity index (χ2v) is 15.2. The Morgan fingerprint density at radius 3 is 2.34 bits per heavy atom. The average Bonchev–Trinajstić information content (AvgIpc) is 3.24. The number of likely N-dealkylation sites (N-methyl/N-ethyl adjacent to an activating group) is 1. The van der Waals surface area contributed by atoms with Crippen LogP contribution < -0.4 is 30.4 Å². The van der Waals surface area contributed by atoms with Gasteiger partial charge in [0.05, 0.1) is 14.2 Å². The van der Waals surface area contributed by atoms with Crippen LogP contribution in [-0.4, -0.2) is 124 Å². The van der Waals surface area contributed by atoms with Crippen molar-refractivity contribution >= 4 is 71.5 Å². The molecule has 6 rings (SSSR count). The number of fused-ring (bicyclic) bond motifs is 1. The van der Waals surface area contributed by atoms with E-state index in [2.05, 4.69) is 16.0 Å². The minimum absolute atomic E-state index is 0.101. The Bertz CT molecular complexity index is 2170. The molecule has 302 valence electrons. The lowest BCUT2D eigenvalue weighted by atomic mass is 9.94. The Hall–Kier alpha value is -6.41. The van der Waals surface area contributed by atoms with Crippen molar-refractivity contribution in [2.24, 2.45) is 0 Å². The summed E-state index contributed by atoms with van der Waals surface area (Å²) in [6, 6.07) is 15.6. The summed E-state index contributed by atoms with van der Waals surface area (Å²) < 4.78 is 6.75. The number of nitrogens with one attached hydrogen (secondary N) is 3. The lowest BCUT2D eigenvalue weighted by Gasteiger charge is -2.56. The summed E-state index contributed by atoms with van der Waals surface area (Å²) in [4.78, 5) is 108. The van der Waals surface area contributed by atoms with Crippen molar-refractivity contribution in [1.29, 1.82) is 0 Å². The second kappa shape index (κ2) is 17.4. The number of carbonyl (C=O) groups is 8. The van der Waals surface area contributed by atoms with Crippen molar-refractivity contribution in [2.45, 2.75) is 28.9 Å². The number of nitrogens with zero attached hydrogens (tertiary/aromatic N) is 5. The molecule has 20 heteroatoms. The van der Waals surface area contributed by atoms with Crippen LogP contribution in [0.3, 0.4) is 0 Å². The van der Waals surface area contributed by atoms with Crippen LogP contribution in [0.15, 0.2) is 95.3 Å². The molecule has 18 nitrogen and oxygen atoms in total. The molecule has 0 bridgehead atoms. The molecule has 3 aromatic rings. The highest BCUT2D eigenvalue weighted by atomic mass is 32.2. The SMILES string of the molecule is CCN1CCN(C(=O)N[C@@H](C(=O)N[C@]2(NC=O)C(=O)N3C(C(=O)O)=C(CSc4cc[n+](N(C)C(=O)c5ccc(OC)cc5)cc4)CS[C@@H]32)c2ccccc2)C(=O)C1=O. The number of piperazine rings is 1. The van der Waals surface area contributed by atoms with Gasteiger partial charge in [-0.1, -0.05) is 35.0 Å². The van der Waals surface area contributed by atoms with Gasteiger partial charge < -0.3 is 30.7 Å². The molecule has 4 heterocycles. The van der Waals surface area contributed by atoms with Gasteiger partial charge in [0.1, 0.15) is 22.9 Å². The summed E-state index contributed by atoms with van der Waals surface area (Å²) in [6.07, 6.45) is 3.57. The number of hydrogen-bond donors (Lipinski definition) is 4. The maximum Gasteiger partial charge on any atom is 0.352 e. The number of amides is 8. The zero-order valence-electron chi connectivity index (χ0n) is 31.4. The van der Waals surface area contributed by atoms with Crippen molar-refractivity contribution in [3.8, 4) is 5.75 Å². The van der Waals surface area contributed by atoms with E-state index < -0.39 is 52.7 Å². The van der Waals surface area contributed by atoms with Crippen LogP contribution in [0.1, 0.15) is 28.9 Å².